The predicted octanol–water partition coefficient (Wildman–Crippen LogP) is 8.45. The van der Waals surface area contributed by atoms with Crippen LogP contribution in [0.1, 0.15) is 11.1 Å². The molecule has 4 aromatic rings. The standard InChI is InChI=1S/C60H64O22/c1-7-29-75-78-41-38-67-51-26-18-46(57(71-36-34-69-53(62)11-5)60(51)74-40-43-80-77-31-9-3)19-27-55(64)81-48-21-13-44(14-22-48)45-15-23-49(24-16-45)82-56(65)28-20-47-17-25-50(66-32-33-68-52(61)10-4)59(73-37-35-70-54(63)12-6)58(47)72-39-42-79-76-30-8-2/h7-28H,1-6,29-43H2. The third-order valence-corrected chi connectivity index (χ3v) is 9.78. The van der Waals surface area contributed by atoms with E-state index in [9.17, 15) is 24.0 Å². The Balaban J connectivity index is 1.47. The molecule has 4 rings (SSSR count). The molecule has 22 heteroatoms. The molecule has 0 aliphatic heterocycles. The summed E-state index contributed by atoms with van der Waals surface area (Å²) in [5.41, 5.74) is 2.24. The van der Waals surface area contributed by atoms with E-state index in [0.717, 1.165) is 29.4 Å². The molecule has 0 unspecified atom stereocenters. The first-order chi connectivity index (χ1) is 40.0. The van der Waals surface area contributed by atoms with Crippen LogP contribution in [0.2, 0.25) is 0 Å². The number of carbonyl (C=O) groups is 5. The van der Waals surface area contributed by atoms with Gasteiger partial charge in [-0.2, -0.15) is 0 Å². The lowest BCUT2D eigenvalue weighted by molar-refractivity contribution is -0.289. The summed E-state index contributed by atoms with van der Waals surface area (Å²) in [6, 6.07) is 19.8. The molecule has 82 heavy (non-hydrogen) atoms. The molecule has 4 aromatic carbocycles. The number of hydrogen-bond donors (Lipinski definition) is 0. The minimum Gasteiger partial charge on any atom is -0.487 e. The van der Waals surface area contributed by atoms with Crippen molar-refractivity contribution in [3.63, 3.8) is 0 Å². The largest absolute Gasteiger partial charge is 0.487 e. The summed E-state index contributed by atoms with van der Waals surface area (Å²) in [7, 11) is 0. The Bertz CT molecular complexity index is 2780. The molecule has 0 amide bonds. The summed E-state index contributed by atoms with van der Waals surface area (Å²) in [5.74, 6) is -2.04. The Hall–Kier alpha value is -9.29. The summed E-state index contributed by atoms with van der Waals surface area (Å²) < 4.78 is 62.3. The van der Waals surface area contributed by atoms with Gasteiger partial charge >= 0.3 is 29.8 Å². The first-order valence-corrected chi connectivity index (χ1v) is 25.1. The Morgan fingerprint density at radius 1 is 0.329 bits per heavy atom. The Labute approximate surface area is 474 Å². The number of benzene rings is 4. The van der Waals surface area contributed by atoms with Crippen LogP contribution < -0.4 is 37.9 Å². The molecule has 0 heterocycles. The van der Waals surface area contributed by atoms with Crippen molar-refractivity contribution in [2.24, 2.45) is 0 Å². The van der Waals surface area contributed by atoms with Gasteiger partial charge in [0.15, 0.2) is 23.0 Å². The minimum absolute atomic E-state index is 0.00902. The molecule has 0 bridgehead atoms. The molecule has 0 N–H and O–H groups in total. The fraction of sp³-hybridized carbons (Fsp3) is 0.250. The van der Waals surface area contributed by atoms with Gasteiger partial charge in [-0.1, -0.05) is 62.2 Å². The van der Waals surface area contributed by atoms with Crippen molar-refractivity contribution in [1.29, 1.82) is 0 Å². The maximum atomic E-state index is 13.2. The highest BCUT2D eigenvalue weighted by Gasteiger charge is 2.21. The van der Waals surface area contributed by atoms with E-state index in [-0.39, 0.29) is 145 Å². The first kappa shape index (κ1) is 65.2. The number of ether oxygens (including phenoxy) is 11. The lowest BCUT2D eigenvalue weighted by atomic mass is 10.1. The molecule has 22 nitrogen and oxygen atoms in total. The van der Waals surface area contributed by atoms with E-state index in [1.54, 1.807) is 72.8 Å². The quantitative estimate of drug-likeness (QED) is 0.00590. The summed E-state index contributed by atoms with van der Waals surface area (Å²) in [5, 5.41) is 0. The minimum atomic E-state index is -0.734. The van der Waals surface area contributed by atoms with Crippen LogP contribution in [0, 0.1) is 0 Å². The molecule has 0 atom stereocenters. The van der Waals surface area contributed by atoms with Crippen molar-refractivity contribution in [1.82, 2.24) is 0 Å². The van der Waals surface area contributed by atoms with Gasteiger partial charge in [-0.15, -0.1) is 19.7 Å². The maximum Gasteiger partial charge on any atom is 0.336 e. The van der Waals surface area contributed by atoms with E-state index in [1.807, 2.05) is 0 Å². The molecule has 436 valence electrons. The lowest BCUT2D eigenvalue weighted by Gasteiger charge is -2.19. The topological polar surface area (TPSA) is 242 Å². The van der Waals surface area contributed by atoms with E-state index >= 15 is 0 Å². The summed E-state index contributed by atoms with van der Waals surface area (Å²) in [4.78, 5) is 91.6. The Morgan fingerprint density at radius 3 is 0.988 bits per heavy atom. The van der Waals surface area contributed by atoms with Crippen LogP contribution >= 0.6 is 0 Å². The highest BCUT2D eigenvalue weighted by Crippen LogP contribution is 2.43. The van der Waals surface area contributed by atoms with Gasteiger partial charge < -0.3 is 52.1 Å². The van der Waals surface area contributed by atoms with E-state index in [2.05, 4.69) is 39.5 Å². The SMILES string of the molecule is C=CCOOCCOc1ccc(C=CC(=O)Oc2ccc(-c3ccc(OC(=O)C=Cc4ccc(OCCOC(=O)C=C)c(OCCOC(=O)C=C)c4OCCOOCC=C)cc3)cc2)c(OCCOC(=O)C=C)c1OCCOOCC=C. The Morgan fingerprint density at radius 2 is 0.646 bits per heavy atom. The van der Waals surface area contributed by atoms with Crippen LogP contribution in [-0.2, 0) is 67.5 Å². The normalized spacial score (nSPS) is 10.7. The van der Waals surface area contributed by atoms with Crippen molar-refractivity contribution < 1.29 is 105 Å². The van der Waals surface area contributed by atoms with Gasteiger partial charge in [0.2, 0.25) is 11.5 Å². The molecule has 0 radical (unpaired) electrons. The molecule has 0 aromatic heterocycles. The second-order valence-electron chi connectivity index (χ2n) is 15.6. The summed E-state index contributed by atoms with van der Waals surface area (Å²) in [6.45, 7) is 20.6. The predicted molar refractivity (Wildman–Crippen MR) is 297 cm³/mol. The highest BCUT2D eigenvalue weighted by atomic mass is 17.2. The number of esters is 5. The third-order valence-electron chi connectivity index (χ3n) is 9.78. The molecule has 0 aliphatic carbocycles. The molecular formula is C60H64O22. The van der Waals surface area contributed by atoms with Gasteiger partial charge in [-0.3, -0.25) is 0 Å². The highest BCUT2D eigenvalue weighted by molar-refractivity contribution is 5.91. The zero-order chi connectivity index (χ0) is 59.0. The van der Waals surface area contributed by atoms with Gasteiger partial charge in [-0.25, -0.2) is 53.3 Å². The number of hydrogen-bond acceptors (Lipinski definition) is 22. The zero-order valence-electron chi connectivity index (χ0n) is 45.0. The monoisotopic (exact) mass is 1140 g/mol. The molecular weight excluding hydrogens is 1070 g/mol. The zero-order valence-corrected chi connectivity index (χ0v) is 45.0. The van der Waals surface area contributed by atoms with Crippen LogP contribution in [-0.4, -0.2) is 129 Å². The van der Waals surface area contributed by atoms with Crippen LogP contribution in [0.5, 0.6) is 46.0 Å². The van der Waals surface area contributed by atoms with Crippen LogP contribution in [0.4, 0.5) is 0 Å². The smallest absolute Gasteiger partial charge is 0.336 e. The fourth-order valence-electron chi connectivity index (χ4n) is 6.28. The maximum absolute atomic E-state index is 13.2. The second-order valence-corrected chi connectivity index (χ2v) is 15.6. The van der Waals surface area contributed by atoms with E-state index in [4.69, 9.17) is 81.4 Å². The summed E-state index contributed by atoms with van der Waals surface area (Å²) in [6.07, 6.45) is 12.9. The molecule has 0 saturated carbocycles. The van der Waals surface area contributed by atoms with Gasteiger partial charge in [-0.05, 0) is 71.8 Å². The first-order valence-electron chi connectivity index (χ1n) is 25.1. The number of carbonyl (C=O) groups excluding carboxylic acids is 5. The lowest BCUT2D eigenvalue weighted by Crippen LogP contribution is -2.15. The van der Waals surface area contributed by atoms with Crippen molar-refractivity contribution in [2.75, 3.05) is 99.1 Å². The van der Waals surface area contributed by atoms with Gasteiger partial charge in [0.25, 0.3) is 0 Å². The van der Waals surface area contributed by atoms with Crippen molar-refractivity contribution in [3.05, 3.63) is 172 Å². The number of rotatable bonds is 43. The average molecular weight is 1140 g/mol. The molecule has 0 aliphatic rings. The average Bonchev–Trinajstić information content (AvgIpc) is 3.58. The second kappa shape index (κ2) is 39.1. The van der Waals surface area contributed by atoms with Crippen LogP contribution in [0.15, 0.2) is 161 Å². The Kier molecular flexibility index (Phi) is 31.1. The van der Waals surface area contributed by atoms with E-state index < -0.39 is 29.8 Å². The summed E-state index contributed by atoms with van der Waals surface area (Å²) >= 11 is 0. The molecule has 0 spiro atoms. The van der Waals surface area contributed by atoms with Gasteiger partial charge in [0, 0.05) is 41.5 Å². The van der Waals surface area contributed by atoms with Crippen LogP contribution in [0.25, 0.3) is 23.3 Å². The van der Waals surface area contributed by atoms with Crippen molar-refractivity contribution in [3.8, 4) is 57.1 Å². The van der Waals surface area contributed by atoms with Crippen molar-refractivity contribution >= 4 is 42.0 Å². The molecule has 0 saturated heterocycles. The van der Waals surface area contributed by atoms with Crippen molar-refractivity contribution in [2.45, 2.75) is 0 Å². The molecule has 0 fully saturated rings. The van der Waals surface area contributed by atoms with E-state index in [1.165, 1.54) is 42.5 Å². The van der Waals surface area contributed by atoms with E-state index in [0.29, 0.717) is 11.1 Å². The van der Waals surface area contributed by atoms with Gasteiger partial charge in [0.1, 0.15) is 111 Å². The van der Waals surface area contributed by atoms with Gasteiger partial charge in [0.05, 0.1) is 0 Å². The van der Waals surface area contributed by atoms with Crippen LogP contribution in [0.3, 0.4) is 0 Å². The third kappa shape index (κ3) is 24.8. The fourth-order valence-corrected chi connectivity index (χ4v) is 6.28.